The molecule has 0 heterocycles. The van der Waals surface area contributed by atoms with Crippen molar-refractivity contribution < 1.29 is 19.4 Å². The van der Waals surface area contributed by atoms with Crippen molar-refractivity contribution in [1.82, 2.24) is 0 Å². The van der Waals surface area contributed by atoms with Crippen LogP contribution in [-0.4, -0.2) is 38.3 Å². The Morgan fingerprint density at radius 2 is 1.86 bits per heavy atom. The highest BCUT2D eigenvalue weighted by atomic mass is 16.6. The highest BCUT2D eigenvalue weighted by molar-refractivity contribution is 6.36. The summed E-state index contributed by atoms with van der Waals surface area (Å²) in [7, 11) is 10.7. The van der Waals surface area contributed by atoms with Gasteiger partial charge in [-0.15, -0.1) is 0 Å². The number of hydrogen-bond acceptors (Lipinski definition) is 3. The lowest BCUT2D eigenvalue weighted by atomic mass is 9.62. The van der Waals surface area contributed by atoms with Crippen molar-refractivity contribution in [1.29, 1.82) is 0 Å². The van der Waals surface area contributed by atoms with Crippen molar-refractivity contribution >= 4 is 27.6 Å². The van der Waals surface area contributed by atoms with E-state index in [9.17, 15) is 9.59 Å². The maximum atomic E-state index is 11.0. The number of carbonyl (C=O) groups excluding carboxylic acids is 1. The molecule has 0 amide bonds. The number of carboxylic acids is 1. The monoisotopic (exact) mass is 192 g/mol. The Morgan fingerprint density at radius 3 is 2.21 bits per heavy atom. The van der Waals surface area contributed by atoms with Crippen LogP contribution >= 0.6 is 0 Å². The number of ether oxygens (including phenoxy) is 1. The van der Waals surface area contributed by atoms with Gasteiger partial charge in [-0.1, -0.05) is 5.72 Å². The molecule has 14 heavy (non-hydrogen) atoms. The first kappa shape index (κ1) is 12.8. The van der Waals surface area contributed by atoms with Crippen LogP contribution in [0.2, 0.25) is 5.72 Å². The minimum absolute atomic E-state index is 0.681. The standard InChI is InChI=1S/C8H10B2O4/c1-8(2,7(9)10)14-6(13)4-3-5(11)12/h3-4,7H,1-2H3,(H,11,12)/b4-3+. The molecule has 0 rings (SSSR count). The van der Waals surface area contributed by atoms with E-state index in [0.717, 1.165) is 6.08 Å². The van der Waals surface area contributed by atoms with Crippen molar-refractivity contribution in [2.75, 3.05) is 0 Å². The summed E-state index contributed by atoms with van der Waals surface area (Å²) in [6, 6.07) is 0. The van der Waals surface area contributed by atoms with Crippen LogP contribution in [0.3, 0.4) is 0 Å². The molecule has 0 spiro atoms. The van der Waals surface area contributed by atoms with E-state index in [2.05, 4.69) is 0 Å². The summed E-state index contributed by atoms with van der Waals surface area (Å²) in [6.07, 6.45) is 1.48. The van der Waals surface area contributed by atoms with E-state index in [0.29, 0.717) is 6.08 Å². The third-order valence-corrected chi connectivity index (χ3v) is 1.53. The number of rotatable bonds is 4. The lowest BCUT2D eigenvalue weighted by molar-refractivity contribution is -0.149. The molecule has 6 heteroatoms. The van der Waals surface area contributed by atoms with E-state index in [-0.39, 0.29) is 0 Å². The topological polar surface area (TPSA) is 63.6 Å². The average molecular weight is 192 g/mol. The molecule has 72 valence electrons. The highest BCUT2D eigenvalue weighted by Crippen LogP contribution is 2.20. The van der Waals surface area contributed by atoms with Crippen LogP contribution in [-0.2, 0) is 14.3 Å². The van der Waals surface area contributed by atoms with E-state index in [4.69, 9.17) is 25.5 Å². The third-order valence-electron chi connectivity index (χ3n) is 1.53. The van der Waals surface area contributed by atoms with Crippen molar-refractivity contribution in [2.24, 2.45) is 0 Å². The Kier molecular flexibility index (Phi) is 4.47. The third kappa shape index (κ3) is 4.74. The smallest absolute Gasteiger partial charge is 0.331 e. The normalized spacial score (nSPS) is 11.9. The summed E-state index contributed by atoms with van der Waals surface area (Å²) in [5.74, 6) is -2.02. The van der Waals surface area contributed by atoms with Crippen LogP contribution in [0, 0.1) is 0 Å². The number of hydrogen-bond donors (Lipinski definition) is 1. The molecule has 0 aliphatic rings. The molecule has 0 atom stereocenters. The first-order valence-corrected chi connectivity index (χ1v) is 3.91. The van der Waals surface area contributed by atoms with Crippen LogP contribution < -0.4 is 0 Å². The van der Waals surface area contributed by atoms with Gasteiger partial charge in [0.2, 0.25) is 0 Å². The molecule has 4 nitrogen and oxygen atoms in total. The molecule has 0 aromatic rings. The fraction of sp³-hybridized carbons (Fsp3) is 0.500. The van der Waals surface area contributed by atoms with Crippen molar-refractivity contribution in [2.45, 2.75) is 25.2 Å². The fourth-order valence-electron chi connectivity index (χ4n) is 0.501. The van der Waals surface area contributed by atoms with Gasteiger partial charge in [-0.25, -0.2) is 9.59 Å². The molecule has 0 aliphatic carbocycles. The van der Waals surface area contributed by atoms with E-state index in [1.807, 2.05) is 0 Å². The summed E-state index contributed by atoms with van der Waals surface area (Å²) in [6.45, 7) is 3.06. The molecule has 0 unspecified atom stereocenters. The van der Waals surface area contributed by atoms with Gasteiger partial charge in [0, 0.05) is 12.2 Å². The summed E-state index contributed by atoms with van der Waals surface area (Å²) in [4.78, 5) is 21.0. The summed E-state index contributed by atoms with van der Waals surface area (Å²) in [5, 5.41) is 8.23. The number of carbonyl (C=O) groups is 2. The number of esters is 1. The van der Waals surface area contributed by atoms with Gasteiger partial charge in [0.05, 0.1) is 21.3 Å². The Hall–Kier alpha value is -1.19. The highest BCUT2D eigenvalue weighted by Gasteiger charge is 2.24. The molecular formula is C8H10B2O4. The Balaban J connectivity index is 4.26. The predicted molar refractivity (Wildman–Crippen MR) is 52.2 cm³/mol. The fourth-order valence-corrected chi connectivity index (χ4v) is 0.501. The lowest BCUT2D eigenvalue weighted by Gasteiger charge is -2.29. The van der Waals surface area contributed by atoms with Gasteiger partial charge in [-0.05, 0) is 13.8 Å². The zero-order chi connectivity index (χ0) is 11.4. The Bertz CT molecular complexity index is 258. The molecule has 0 aliphatic heterocycles. The van der Waals surface area contributed by atoms with Crippen molar-refractivity contribution in [3.8, 4) is 0 Å². The summed E-state index contributed by atoms with van der Waals surface area (Å²) < 4.78 is 4.81. The molecule has 4 radical (unpaired) electrons. The largest absolute Gasteiger partial charge is 0.478 e. The van der Waals surface area contributed by atoms with E-state index < -0.39 is 23.3 Å². The van der Waals surface area contributed by atoms with Crippen LogP contribution in [0.4, 0.5) is 0 Å². The summed E-state index contributed by atoms with van der Waals surface area (Å²) >= 11 is 0. The Morgan fingerprint density at radius 1 is 1.36 bits per heavy atom. The zero-order valence-electron chi connectivity index (χ0n) is 8.06. The molecule has 0 aromatic carbocycles. The number of aliphatic carboxylic acids is 1. The number of carboxylic acid groups (broad SMARTS) is 1. The van der Waals surface area contributed by atoms with Crippen LogP contribution in [0.25, 0.3) is 0 Å². The second kappa shape index (κ2) is 4.88. The second-order valence-electron chi connectivity index (χ2n) is 3.22. The molecule has 0 saturated heterocycles. The van der Waals surface area contributed by atoms with Gasteiger partial charge in [0.25, 0.3) is 0 Å². The van der Waals surface area contributed by atoms with Crippen LogP contribution in [0.15, 0.2) is 12.2 Å². The van der Waals surface area contributed by atoms with E-state index >= 15 is 0 Å². The minimum Gasteiger partial charge on any atom is -0.478 e. The van der Waals surface area contributed by atoms with Gasteiger partial charge in [0.15, 0.2) is 0 Å². The second-order valence-corrected chi connectivity index (χ2v) is 3.22. The molecule has 0 aromatic heterocycles. The van der Waals surface area contributed by atoms with Crippen molar-refractivity contribution in [3.63, 3.8) is 0 Å². The first-order chi connectivity index (χ1) is 6.25. The minimum atomic E-state index is -1.23. The van der Waals surface area contributed by atoms with Gasteiger partial charge in [-0.3, -0.25) is 0 Å². The molecular weight excluding hydrogens is 182 g/mol. The molecule has 1 N–H and O–H groups in total. The maximum Gasteiger partial charge on any atom is 0.331 e. The quantitative estimate of drug-likeness (QED) is 0.387. The van der Waals surface area contributed by atoms with Gasteiger partial charge < -0.3 is 9.84 Å². The van der Waals surface area contributed by atoms with Crippen LogP contribution in [0.5, 0.6) is 0 Å². The zero-order valence-corrected chi connectivity index (χ0v) is 8.06. The van der Waals surface area contributed by atoms with Crippen LogP contribution in [0.1, 0.15) is 13.8 Å². The summed E-state index contributed by atoms with van der Waals surface area (Å²) in [5.41, 5.74) is -1.86. The van der Waals surface area contributed by atoms with Gasteiger partial charge in [-0.2, -0.15) is 0 Å². The van der Waals surface area contributed by atoms with Gasteiger partial charge in [0.1, 0.15) is 0 Å². The molecule has 0 bridgehead atoms. The Labute approximate surface area is 85.1 Å². The molecule has 0 fully saturated rings. The van der Waals surface area contributed by atoms with Gasteiger partial charge >= 0.3 is 11.9 Å². The van der Waals surface area contributed by atoms with E-state index in [1.54, 1.807) is 0 Å². The first-order valence-electron chi connectivity index (χ1n) is 3.91. The predicted octanol–water partition coefficient (Wildman–Crippen LogP) is 0.0320. The SMILES string of the molecule is [B]C([B])C(C)(C)OC(=O)/C=C/C(=O)O. The van der Waals surface area contributed by atoms with E-state index in [1.165, 1.54) is 13.8 Å². The lowest BCUT2D eigenvalue weighted by Crippen LogP contribution is -2.33. The molecule has 0 saturated carbocycles. The average Bonchev–Trinajstić information content (AvgIpc) is 1.99. The maximum absolute atomic E-state index is 11.0. The van der Waals surface area contributed by atoms with Crippen molar-refractivity contribution in [3.05, 3.63) is 12.2 Å².